The first-order valence-electron chi connectivity index (χ1n) is 8.96. The van der Waals surface area contributed by atoms with Crippen LogP contribution in [-0.2, 0) is 16.0 Å². The maximum Gasteiger partial charge on any atom is 0.227 e. The monoisotopic (exact) mass is 329 g/mol. The van der Waals surface area contributed by atoms with E-state index in [0.717, 1.165) is 43.6 Å². The third-order valence-electron chi connectivity index (χ3n) is 5.46. The van der Waals surface area contributed by atoms with Crippen LogP contribution in [0.5, 0.6) is 0 Å². The second kappa shape index (κ2) is 7.34. The molecule has 1 aromatic rings. The Balaban J connectivity index is 1.51. The summed E-state index contributed by atoms with van der Waals surface area (Å²) in [6.45, 7) is 3.97. The maximum atomic E-state index is 12.8. The fourth-order valence-corrected chi connectivity index (χ4v) is 4.14. The highest BCUT2D eigenvalue weighted by Crippen LogP contribution is 2.43. The van der Waals surface area contributed by atoms with Gasteiger partial charge in [-0.25, -0.2) is 0 Å². The van der Waals surface area contributed by atoms with E-state index in [9.17, 15) is 9.59 Å². The molecule has 1 saturated heterocycles. The smallest absolute Gasteiger partial charge is 0.227 e. The van der Waals surface area contributed by atoms with Crippen LogP contribution in [-0.4, -0.2) is 31.4 Å². The molecule has 1 aromatic carbocycles. The number of carbonyl (C=O) groups excluding carboxylic acids is 2. The molecule has 2 aliphatic rings. The van der Waals surface area contributed by atoms with Crippen LogP contribution in [0.25, 0.3) is 0 Å². The molecule has 1 heterocycles. The second-order valence-corrected chi connectivity index (χ2v) is 7.11. The van der Waals surface area contributed by atoms with Gasteiger partial charge in [0.15, 0.2) is 0 Å². The average molecular weight is 329 g/mol. The van der Waals surface area contributed by atoms with E-state index in [4.69, 9.17) is 0 Å². The van der Waals surface area contributed by atoms with Gasteiger partial charge in [0.2, 0.25) is 11.8 Å². The predicted molar refractivity (Wildman–Crippen MR) is 94.7 cm³/mol. The van der Waals surface area contributed by atoms with Crippen LogP contribution in [0.3, 0.4) is 0 Å². The molecule has 130 valence electrons. The topological polar surface area (TPSA) is 70.2 Å². The van der Waals surface area contributed by atoms with Crippen LogP contribution in [0.4, 0.5) is 5.69 Å². The summed E-state index contributed by atoms with van der Waals surface area (Å²) in [5.41, 5.74) is 1.79. The van der Waals surface area contributed by atoms with Gasteiger partial charge in [0.25, 0.3) is 0 Å². The molecule has 2 amide bonds. The molecule has 5 nitrogen and oxygen atoms in total. The number of benzene rings is 1. The van der Waals surface area contributed by atoms with Crippen LogP contribution in [0.1, 0.15) is 38.2 Å². The molecule has 0 radical (unpaired) electrons. The van der Waals surface area contributed by atoms with Gasteiger partial charge in [-0.1, -0.05) is 25.0 Å². The van der Waals surface area contributed by atoms with Gasteiger partial charge in [0.05, 0.1) is 5.41 Å². The summed E-state index contributed by atoms with van der Waals surface area (Å²) >= 11 is 0. The van der Waals surface area contributed by atoms with Gasteiger partial charge < -0.3 is 16.0 Å². The zero-order valence-corrected chi connectivity index (χ0v) is 14.4. The Morgan fingerprint density at radius 1 is 1.25 bits per heavy atom. The van der Waals surface area contributed by atoms with E-state index < -0.39 is 0 Å². The SMILES string of the molecule is CC(=O)Nc1ccc(CCNC(=O)[C@@]23CCCC[C@H]2CNC3)cc1. The predicted octanol–water partition coefficient (Wildman–Crippen LogP) is 2.08. The summed E-state index contributed by atoms with van der Waals surface area (Å²) in [7, 11) is 0. The van der Waals surface area contributed by atoms with E-state index in [0.29, 0.717) is 12.5 Å². The number of nitrogens with one attached hydrogen (secondary N) is 3. The van der Waals surface area contributed by atoms with Crippen molar-refractivity contribution >= 4 is 17.5 Å². The zero-order valence-electron chi connectivity index (χ0n) is 14.4. The Morgan fingerprint density at radius 2 is 2.04 bits per heavy atom. The molecule has 0 spiro atoms. The van der Waals surface area contributed by atoms with Gasteiger partial charge in [-0.15, -0.1) is 0 Å². The highest BCUT2D eigenvalue weighted by molar-refractivity contribution is 5.88. The second-order valence-electron chi connectivity index (χ2n) is 7.11. The van der Waals surface area contributed by atoms with E-state index in [-0.39, 0.29) is 17.2 Å². The number of amides is 2. The standard InChI is InChI=1S/C19H27N3O2/c1-14(23)22-17-7-5-15(6-8-17)9-11-21-18(24)19-10-3-2-4-16(19)12-20-13-19/h5-8,16,20H,2-4,9-13H2,1H3,(H,21,24)(H,22,23)/t16-,19+/m0/s1. The minimum absolute atomic E-state index is 0.0681. The lowest BCUT2D eigenvalue weighted by Gasteiger charge is -2.37. The minimum Gasteiger partial charge on any atom is -0.355 e. The van der Waals surface area contributed by atoms with Gasteiger partial charge in [0, 0.05) is 25.7 Å². The zero-order chi connectivity index (χ0) is 17.0. The van der Waals surface area contributed by atoms with Crippen LogP contribution < -0.4 is 16.0 Å². The van der Waals surface area contributed by atoms with Gasteiger partial charge in [-0.2, -0.15) is 0 Å². The van der Waals surface area contributed by atoms with Crippen LogP contribution in [0.2, 0.25) is 0 Å². The summed E-state index contributed by atoms with van der Waals surface area (Å²) in [4.78, 5) is 23.8. The Hall–Kier alpha value is -1.88. The van der Waals surface area contributed by atoms with Gasteiger partial charge in [-0.05, 0) is 49.4 Å². The molecule has 3 N–H and O–H groups in total. The third-order valence-corrected chi connectivity index (χ3v) is 5.46. The van der Waals surface area contributed by atoms with Crippen molar-refractivity contribution in [2.24, 2.45) is 11.3 Å². The van der Waals surface area contributed by atoms with Crippen LogP contribution in [0, 0.1) is 11.3 Å². The van der Waals surface area contributed by atoms with Crippen LogP contribution >= 0.6 is 0 Å². The Morgan fingerprint density at radius 3 is 2.79 bits per heavy atom. The normalized spacial score (nSPS) is 25.8. The molecule has 0 bridgehead atoms. The van der Waals surface area contributed by atoms with Crippen molar-refractivity contribution in [3.05, 3.63) is 29.8 Å². The first kappa shape index (κ1) is 17.0. The minimum atomic E-state index is -0.173. The van der Waals surface area contributed by atoms with Crippen molar-refractivity contribution in [3.63, 3.8) is 0 Å². The van der Waals surface area contributed by atoms with E-state index in [1.165, 1.54) is 19.8 Å². The third kappa shape index (κ3) is 3.61. The fourth-order valence-electron chi connectivity index (χ4n) is 4.14. The quantitative estimate of drug-likeness (QED) is 0.775. The summed E-state index contributed by atoms with van der Waals surface area (Å²) in [6.07, 6.45) is 5.41. The molecule has 0 unspecified atom stereocenters. The van der Waals surface area contributed by atoms with Crippen LogP contribution in [0.15, 0.2) is 24.3 Å². The van der Waals surface area contributed by atoms with E-state index in [2.05, 4.69) is 16.0 Å². The molecule has 1 aliphatic carbocycles. The number of hydrogen-bond donors (Lipinski definition) is 3. The lowest BCUT2D eigenvalue weighted by atomic mass is 9.67. The molecule has 3 rings (SSSR count). The van der Waals surface area contributed by atoms with Crippen molar-refractivity contribution in [1.82, 2.24) is 10.6 Å². The highest BCUT2D eigenvalue weighted by atomic mass is 16.2. The number of anilines is 1. The Kier molecular flexibility index (Phi) is 5.19. The number of rotatable bonds is 5. The summed E-state index contributed by atoms with van der Waals surface area (Å²) in [5.74, 6) is 0.664. The molecule has 5 heteroatoms. The molecule has 2 atom stereocenters. The molecule has 1 saturated carbocycles. The maximum absolute atomic E-state index is 12.8. The molecule has 0 aromatic heterocycles. The Labute approximate surface area is 143 Å². The number of fused-ring (bicyclic) bond motifs is 1. The summed E-state index contributed by atoms with van der Waals surface area (Å²) in [6, 6.07) is 7.79. The van der Waals surface area contributed by atoms with E-state index in [1.807, 2.05) is 24.3 Å². The lowest BCUT2D eigenvalue weighted by Crippen LogP contribution is -2.48. The van der Waals surface area contributed by atoms with Crippen molar-refractivity contribution in [3.8, 4) is 0 Å². The van der Waals surface area contributed by atoms with Gasteiger partial charge in [0.1, 0.15) is 0 Å². The number of carbonyl (C=O) groups is 2. The molecular formula is C19H27N3O2. The lowest BCUT2D eigenvalue weighted by molar-refractivity contribution is -0.134. The highest BCUT2D eigenvalue weighted by Gasteiger charge is 2.49. The summed E-state index contributed by atoms with van der Waals surface area (Å²) in [5, 5.41) is 9.34. The van der Waals surface area contributed by atoms with Gasteiger partial charge in [-0.3, -0.25) is 9.59 Å². The average Bonchev–Trinajstić information content (AvgIpc) is 3.01. The van der Waals surface area contributed by atoms with E-state index >= 15 is 0 Å². The largest absolute Gasteiger partial charge is 0.355 e. The fraction of sp³-hybridized carbons (Fsp3) is 0.579. The van der Waals surface area contributed by atoms with E-state index in [1.54, 1.807) is 0 Å². The molecule has 1 aliphatic heterocycles. The Bertz CT molecular complexity index is 599. The van der Waals surface area contributed by atoms with Crippen molar-refractivity contribution < 1.29 is 9.59 Å². The van der Waals surface area contributed by atoms with Crippen molar-refractivity contribution in [2.45, 2.75) is 39.0 Å². The summed E-state index contributed by atoms with van der Waals surface area (Å²) < 4.78 is 0. The number of hydrogen-bond acceptors (Lipinski definition) is 3. The first-order chi connectivity index (χ1) is 11.6. The van der Waals surface area contributed by atoms with Crippen molar-refractivity contribution in [2.75, 3.05) is 25.0 Å². The first-order valence-corrected chi connectivity index (χ1v) is 8.96. The molecular weight excluding hydrogens is 302 g/mol. The molecule has 24 heavy (non-hydrogen) atoms. The molecule has 2 fully saturated rings. The van der Waals surface area contributed by atoms with Gasteiger partial charge >= 0.3 is 0 Å². The van der Waals surface area contributed by atoms with Crippen molar-refractivity contribution in [1.29, 1.82) is 0 Å².